The van der Waals surface area contributed by atoms with E-state index in [1.807, 2.05) is 13.8 Å². The van der Waals surface area contributed by atoms with Crippen molar-refractivity contribution in [3.63, 3.8) is 0 Å². The molecule has 1 aliphatic rings. The van der Waals surface area contributed by atoms with Gasteiger partial charge in [0.2, 0.25) is 10.0 Å². The van der Waals surface area contributed by atoms with Crippen molar-refractivity contribution in [1.29, 1.82) is 0 Å². The van der Waals surface area contributed by atoms with Gasteiger partial charge in [0, 0.05) is 43.4 Å². The summed E-state index contributed by atoms with van der Waals surface area (Å²) in [6, 6.07) is 17.7. The molecule has 1 amide bonds. The van der Waals surface area contributed by atoms with Crippen molar-refractivity contribution in [3.05, 3.63) is 83.4 Å². The monoisotopic (exact) mass is 721 g/mol. The highest BCUT2D eigenvalue weighted by Gasteiger charge is 2.32. The number of likely N-dealkylation sites (N-methyl/N-ethyl adjacent to an activating group) is 1. The number of carbonyl (C=O) groups is 1. The fourth-order valence-electron chi connectivity index (χ4n) is 5.40. The molecular weight excluding hydrogens is 678 g/mol. The maximum Gasteiger partial charge on any atom is 0.261 e. The van der Waals surface area contributed by atoms with Crippen LogP contribution in [-0.4, -0.2) is 88.7 Å². The van der Waals surface area contributed by atoms with Gasteiger partial charge in [-0.15, -0.1) is 0 Å². The number of nitrogens with zero attached hydrogens (tertiary/aromatic N) is 2. The molecule has 2 N–H and O–H groups in total. The van der Waals surface area contributed by atoms with Crippen LogP contribution in [0, 0.1) is 5.92 Å². The lowest BCUT2D eigenvalue weighted by Crippen LogP contribution is -2.48. The fraction of sp³-hybridized carbons (Fsp3) is 0.441. The molecule has 0 spiro atoms. The molecule has 262 valence electrons. The van der Waals surface area contributed by atoms with Crippen molar-refractivity contribution >= 4 is 43.2 Å². The Hall–Kier alpha value is -3.20. The molecule has 0 saturated heterocycles. The summed E-state index contributed by atoms with van der Waals surface area (Å²) in [4.78, 5) is 16.0. The zero-order valence-electron chi connectivity index (χ0n) is 27.6. The Morgan fingerprint density at radius 1 is 1.00 bits per heavy atom. The van der Waals surface area contributed by atoms with Crippen LogP contribution >= 0.6 is 11.6 Å². The number of benzene rings is 3. The Labute approximate surface area is 288 Å². The van der Waals surface area contributed by atoms with E-state index in [0.717, 1.165) is 6.42 Å². The van der Waals surface area contributed by atoms with Gasteiger partial charge in [-0.25, -0.2) is 16.8 Å². The fourth-order valence-corrected chi connectivity index (χ4v) is 7.78. The molecule has 0 radical (unpaired) electrons. The zero-order valence-corrected chi connectivity index (χ0v) is 30.0. The predicted octanol–water partition coefficient (Wildman–Crippen LogP) is 5.26. The van der Waals surface area contributed by atoms with Crippen molar-refractivity contribution < 1.29 is 36.2 Å². The van der Waals surface area contributed by atoms with E-state index in [2.05, 4.69) is 4.72 Å². The molecule has 0 bridgehead atoms. The van der Waals surface area contributed by atoms with Gasteiger partial charge in [0.1, 0.15) is 5.75 Å². The Balaban J connectivity index is 1.68. The van der Waals surface area contributed by atoms with Crippen LogP contribution in [0.3, 0.4) is 0 Å². The second-order valence-electron chi connectivity index (χ2n) is 12.2. The summed E-state index contributed by atoms with van der Waals surface area (Å²) in [5.41, 5.74) is 0.261. The summed E-state index contributed by atoms with van der Waals surface area (Å²) in [5, 5.41) is 10.6. The zero-order chi connectivity index (χ0) is 35.1. The van der Waals surface area contributed by atoms with Gasteiger partial charge in [0.05, 0.1) is 40.2 Å². The average Bonchev–Trinajstić information content (AvgIpc) is 3.06. The third kappa shape index (κ3) is 9.48. The number of hydrogen-bond donors (Lipinski definition) is 2. The van der Waals surface area contributed by atoms with Gasteiger partial charge in [0.15, 0.2) is 0 Å². The number of aliphatic hydroxyl groups excluding tert-OH is 1. The first-order valence-corrected chi connectivity index (χ1v) is 19.2. The molecule has 48 heavy (non-hydrogen) atoms. The average molecular weight is 722 g/mol. The summed E-state index contributed by atoms with van der Waals surface area (Å²) >= 11 is 5.94. The molecule has 1 heterocycles. The number of carbonyl (C=O) groups excluding carboxylic acids is 1. The molecule has 1 aliphatic heterocycles. The first-order valence-electron chi connectivity index (χ1n) is 15.9. The number of anilines is 1. The lowest BCUT2D eigenvalue weighted by atomic mass is 10.0. The highest BCUT2D eigenvalue weighted by atomic mass is 35.5. The highest BCUT2D eigenvalue weighted by molar-refractivity contribution is 7.92. The van der Waals surface area contributed by atoms with E-state index in [4.69, 9.17) is 21.1 Å². The molecule has 3 aromatic rings. The molecule has 11 nitrogen and oxygen atoms in total. The van der Waals surface area contributed by atoms with Crippen molar-refractivity contribution in [2.45, 2.75) is 68.1 Å². The second-order valence-corrected chi connectivity index (χ2v) is 16.3. The molecule has 0 fully saturated rings. The lowest BCUT2D eigenvalue weighted by molar-refractivity contribution is -0.00833. The Morgan fingerprint density at radius 3 is 2.35 bits per heavy atom. The van der Waals surface area contributed by atoms with Crippen LogP contribution in [0.4, 0.5) is 5.69 Å². The number of nitrogens with one attached hydrogen (secondary N) is 1. The quantitative estimate of drug-likeness (QED) is 0.305. The second kappa shape index (κ2) is 16.5. The number of fused-ring (bicyclic) bond motifs is 1. The Kier molecular flexibility index (Phi) is 12.9. The number of sulfonamides is 2. The standard InChI is InChI=1S/C34H44ClN3O8S2/c1-24-21-38(25(2)23-39)34(40)31-20-28(36-47(41,42)29-16-13-27(35)14-17-29)15-18-32(31)46-26(3)10-8-9-19-45-33(24)22-37(4)48(43,44)30-11-6-5-7-12-30/h5-7,11-18,20,24-26,33,36,39H,8-10,19,21-23H2,1-4H3/t24-,25+,26+,33-/m1/s1. The molecular formula is C34H44ClN3O8S2. The van der Waals surface area contributed by atoms with Crippen LogP contribution in [0.15, 0.2) is 82.6 Å². The number of rotatable bonds is 9. The molecule has 0 aromatic heterocycles. The predicted molar refractivity (Wildman–Crippen MR) is 185 cm³/mol. The summed E-state index contributed by atoms with van der Waals surface area (Å²) in [7, 11) is -6.31. The molecule has 14 heteroatoms. The SMILES string of the molecule is C[C@@H]1CN([C@@H](C)CO)C(=O)c2cc(NS(=O)(=O)c3ccc(Cl)cc3)ccc2O[C@@H](C)CCCCO[C@@H]1CN(C)S(=O)(=O)c1ccccc1. The smallest absolute Gasteiger partial charge is 0.261 e. The molecule has 4 atom stereocenters. The van der Waals surface area contributed by atoms with Crippen LogP contribution in [0.1, 0.15) is 50.4 Å². The van der Waals surface area contributed by atoms with E-state index in [0.29, 0.717) is 24.5 Å². The number of aliphatic hydroxyl groups is 1. The third-order valence-corrected chi connectivity index (χ3v) is 11.8. The maximum atomic E-state index is 14.4. The van der Waals surface area contributed by atoms with Crippen molar-refractivity contribution in [2.24, 2.45) is 5.92 Å². The van der Waals surface area contributed by atoms with Gasteiger partial charge in [-0.3, -0.25) is 9.52 Å². The Bertz CT molecular complexity index is 1740. The first-order chi connectivity index (χ1) is 22.7. The normalized spacial score (nSPS) is 20.8. The van der Waals surface area contributed by atoms with Crippen molar-refractivity contribution in [3.8, 4) is 5.75 Å². The molecule has 0 aliphatic carbocycles. The minimum atomic E-state index is -4.01. The van der Waals surface area contributed by atoms with E-state index in [9.17, 15) is 26.7 Å². The minimum absolute atomic E-state index is 0.00201. The van der Waals surface area contributed by atoms with E-state index in [1.165, 1.54) is 64.8 Å². The van der Waals surface area contributed by atoms with Crippen LogP contribution in [0.2, 0.25) is 5.02 Å². The van der Waals surface area contributed by atoms with E-state index in [1.54, 1.807) is 31.2 Å². The lowest BCUT2D eigenvalue weighted by Gasteiger charge is -2.35. The summed E-state index contributed by atoms with van der Waals surface area (Å²) < 4.78 is 69.4. The van der Waals surface area contributed by atoms with Crippen molar-refractivity contribution in [1.82, 2.24) is 9.21 Å². The minimum Gasteiger partial charge on any atom is -0.490 e. The van der Waals surface area contributed by atoms with Crippen molar-refractivity contribution in [2.75, 3.05) is 38.1 Å². The van der Waals surface area contributed by atoms with Gasteiger partial charge in [-0.2, -0.15) is 4.31 Å². The summed E-state index contributed by atoms with van der Waals surface area (Å²) in [6.07, 6.45) is 1.26. The van der Waals surface area contributed by atoms with Gasteiger partial charge in [0.25, 0.3) is 15.9 Å². The van der Waals surface area contributed by atoms with Gasteiger partial charge in [-0.05, 0) is 87.7 Å². The van der Waals surface area contributed by atoms with E-state index in [-0.39, 0.29) is 58.5 Å². The maximum absolute atomic E-state index is 14.4. The highest BCUT2D eigenvalue weighted by Crippen LogP contribution is 2.30. The Morgan fingerprint density at radius 2 is 1.69 bits per heavy atom. The largest absolute Gasteiger partial charge is 0.490 e. The third-order valence-electron chi connectivity index (χ3n) is 8.32. The molecule has 3 aromatic carbocycles. The topological polar surface area (TPSA) is 143 Å². The van der Waals surface area contributed by atoms with E-state index >= 15 is 0 Å². The number of hydrogen-bond acceptors (Lipinski definition) is 8. The van der Waals surface area contributed by atoms with Crippen LogP contribution < -0.4 is 9.46 Å². The molecule has 0 unspecified atom stereocenters. The number of amides is 1. The summed E-state index contributed by atoms with van der Waals surface area (Å²) in [6.45, 7) is 5.66. The number of ether oxygens (including phenoxy) is 2. The van der Waals surface area contributed by atoms with Gasteiger partial charge in [-0.1, -0.05) is 36.7 Å². The molecule has 0 saturated carbocycles. The van der Waals surface area contributed by atoms with Crippen LogP contribution in [0.5, 0.6) is 5.75 Å². The summed E-state index contributed by atoms with van der Waals surface area (Å²) in [5.74, 6) is -0.573. The van der Waals surface area contributed by atoms with Gasteiger partial charge >= 0.3 is 0 Å². The van der Waals surface area contributed by atoms with E-state index < -0.39 is 38.1 Å². The van der Waals surface area contributed by atoms with Crippen LogP contribution in [0.25, 0.3) is 0 Å². The number of halogens is 1. The van der Waals surface area contributed by atoms with Gasteiger partial charge < -0.3 is 19.5 Å². The van der Waals surface area contributed by atoms with Crippen LogP contribution in [-0.2, 0) is 24.8 Å². The molecule has 4 rings (SSSR count). The first kappa shape index (κ1) is 37.6.